The third kappa shape index (κ3) is 2.60. The first-order valence-electron chi connectivity index (χ1n) is 5.93. The number of benzene rings is 1. The molecule has 1 aliphatic rings. The average Bonchev–Trinajstić information content (AvgIpc) is 2.87. The van der Waals surface area contributed by atoms with Crippen molar-refractivity contribution in [2.45, 2.75) is 23.8 Å². The molecule has 1 saturated heterocycles. The maximum Gasteiger partial charge on any atom is 0.269 e. The van der Waals surface area contributed by atoms with Gasteiger partial charge in [-0.25, -0.2) is 8.42 Å². The fraction of sp³-hybridized carbons (Fsp3) is 0.455. The van der Waals surface area contributed by atoms with Crippen LogP contribution in [0.2, 0.25) is 0 Å². The van der Waals surface area contributed by atoms with E-state index in [1.807, 2.05) is 0 Å². The molecule has 1 aliphatic heterocycles. The fourth-order valence-electron chi connectivity index (χ4n) is 2.24. The summed E-state index contributed by atoms with van der Waals surface area (Å²) in [6.45, 7) is 0.730. The van der Waals surface area contributed by atoms with Gasteiger partial charge in [0.1, 0.15) is 0 Å². The molecule has 1 heterocycles. The van der Waals surface area contributed by atoms with Crippen molar-refractivity contribution in [3.63, 3.8) is 0 Å². The molecule has 0 spiro atoms. The van der Waals surface area contributed by atoms with Crippen LogP contribution < -0.4 is 5.73 Å². The van der Waals surface area contributed by atoms with E-state index in [1.165, 1.54) is 28.6 Å². The highest BCUT2D eigenvalue weighted by Gasteiger charge is 2.34. The molecule has 104 valence electrons. The summed E-state index contributed by atoms with van der Waals surface area (Å²) in [6, 6.07) is 4.74. The zero-order valence-electron chi connectivity index (χ0n) is 10.2. The quantitative estimate of drug-likeness (QED) is 0.647. The Morgan fingerprint density at radius 2 is 2.00 bits per heavy atom. The van der Waals surface area contributed by atoms with E-state index >= 15 is 0 Å². The number of nitro groups is 1. The zero-order valence-corrected chi connectivity index (χ0v) is 11.0. The lowest BCUT2D eigenvalue weighted by molar-refractivity contribution is -0.384. The molecule has 0 saturated carbocycles. The number of hydrogen-bond donors (Lipinski definition) is 1. The van der Waals surface area contributed by atoms with Crippen LogP contribution in [0, 0.1) is 10.1 Å². The lowest BCUT2D eigenvalue weighted by Crippen LogP contribution is -2.39. The smallest absolute Gasteiger partial charge is 0.269 e. The molecule has 8 heteroatoms. The predicted molar refractivity (Wildman–Crippen MR) is 69.1 cm³/mol. The number of nitro benzene ring substituents is 1. The Balaban J connectivity index is 2.31. The van der Waals surface area contributed by atoms with Crippen LogP contribution in [-0.2, 0) is 10.0 Å². The van der Waals surface area contributed by atoms with E-state index < -0.39 is 14.9 Å². The van der Waals surface area contributed by atoms with Gasteiger partial charge in [0.25, 0.3) is 5.69 Å². The molecule has 7 nitrogen and oxygen atoms in total. The molecule has 1 unspecified atom stereocenters. The summed E-state index contributed by atoms with van der Waals surface area (Å²) in [5, 5.41) is 10.5. The van der Waals surface area contributed by atoms with Gasteiger partial charge in [0.15, 0.2) is 0 Å². The molecular weight excluding hydrogens is 270 g/mol. The molecular formula is C11H15N3O4S. The van der Waals surface area contributed by atoms with Crippen molar-refractivity contribution >= 4 is 15.7 Å². The van der Waals surface area contributed by atoms with E-state index in [0.29, 0.717) is 6.54 Å². The van der Waals surface area contributed by atoms with Gasteiger partial charge < -0.3 is 5.73 Å². The van der Waals surface area contributed by atoms with Crippen LogP contribution in [0.3, 0.4) is 0 Å². The van der Waals surface area contributed by atoms with Gasteiger partial charge in [-0.05, 0) is 25.0 Å². The minimum Gasteiger partial charge on any atom is -0.329 e. The van der Waals surface area contributed by atoms with E-state index in [9.17, 15) is 18.5 Å². The molecule has 2 rings (SSSR count). The monoisotopic (exact) mass is 285 g/mol. The molecule has 1 aromatic rings. The number of hydrogen-bond acceptors (Lipinski definition) is 5. The Kier molecular flexibility index (Phi) is 3.83. The van der Waals surface area contributed by atoms with Gasteiger partial charge >= 0.3 is 0 Å². The van der Waals surface area contributed by atoms with Gasteiger partial charge in [-0.15, -0.1) is 0 Å². The van der Waals surface area contributed by atoms with Gasteiger partial charge in [0.2, 0.25) is 10.0 Å². The summed E-state index contributed by atoms with van der Waals surface area (Å²) in [5.74, 6) is 0. The van der Waals surface area contributed by atoms with Gasteiger partial charge in [0.05, 0.1) is 9.82 Å². The minimum absolute atomic E-state index is 0.0680. The predicted octanol–water partition coefficient (Wildman–Crippen LogP) is 0.707. The molecule has 0 bridgehead atoms. The van der Waals surface area contributed by atoms with Gasteiger partial charge in [-0.3, -0.25) is 10.1 Å². The van der Waals surface area contributed by atoms with Crippen molar-refractivity contribution in [1.82, 2.24) is 4.31 Å². The summed E-state index contributed by atoms with van der Waals surface area (Å²) in [5.41, 5.74) is 5.44. The highest BCUT2D eigenvalue weighted by atomic mass is 32.2. The second-order valence-corrected chi connectivity index (χ2v) is 6.29. The van der Waals surface area contributed by atoms with Crippen LogP contribution in [0.15, 0.2) is 29.2 Å². The SMILES string of the molecule is NCC1CCCN1S(=O)(=O)c1ccc([N+](=O)[O-])cc1. The van der Waals surface area contributed by atoms with E-state index in [4.69, 9.17) is 5.73 Å². The second-order valence-electron chi connectivity index (χ2n) is 4.40. The lowest BCUT2D eigenvalue weighted by atomic mass is 10.2. The number of sulfonamides is 1. The molecule has 0 aromatic heterocycles. The minimum atomic E-state index is -3.61. The van der Waals surface area contributed by atoms with Crippen molar-refractivity contribution in [3.8, 4) is 0 Å². The van der Waals surface area contributed by atoms with E-state index in [2.05, 4.69) is 0 Å². The molecule has 0 amide bonds. The van der Waals surface area contributed by atoms with E-state index in [-0.39, 0.29) is 23.2 Å². The molecule has 2 N–H and O–H groups in total. The normalized spacial score (nSPS) is 20.6. The largest absolute Gasteiger partial charge is 0.329 e. The summed E-state index contributed by atoms with van der Waals surface area (Å²) in [4.78, 5) is 10.1. The van der Waals surface area contributed by atoms with Crippen LogP contribution in [0.5, 0.6) is 0 Å². The van der Waals surface area contributed by atoms with Crippen molar-refractivity contribution in [2.75, 3.05) is 13.1 Å². The molecule has 0 radical (unpaired) electrons. The van der Waals surface area contributed by atoms with E-state index in [1.54, 1.807) is 0 Å². The number of non-ortho nitro benzene ring substituents is 1. The van der Waals surface area contributed by atoms with Crippen LogP contribution in [0.1, 0.15) is 12.8 Å². The molecule has 1 aromatic carbocycles. The van der Waals surface area contributed by atoms with Crippen molar-refractivity contribution in [3.05, 3.63) is 34.4 Å². The first kappa shape index (κ1) is 13.9. The lowest BCUT2D eigenvalue weighted by Gasteiger charge is -2.22. The Morgan fingerprint density at radius 1 is 1.37 bits per heavy atom. The standard InChI is InChI=1S/C11H15N3O4S/c12-8-10-2-1-7-13(10)19(17,18)11-5-3-9(4-6-11)14(15)16/h3-6,10H,1-2,7-8,12H2. The number of nitrogens with zero attached hydrogens (tertiary/aromatic N) is 2. The van der Waals surface area contributed by atoms with Crippen molar-refractivity contribution in [1.29, 1.82) is 0 Å². The maximum atomic E-state index is 12.4. The third-order valence-corrected chi connectivity index (χ3v) is 5.22. The Hall–Kier alpha value is -1.51. The van der Waals surface area contributed by atoms with Crippen LogP contribution in [-0.4, -0.2) is 36.8 Å². The second kappa shape index (κ2) is 5.24. The fourth-order valence-corrected chi connectivity index (χ4v) is 3.94. The molecule has 1 atom stereocenters. The molecule has 19 heavy (non-hydrogen) atoms. The Morgan fingerprint density at radius 3 is 2.53 bits per heavy atom. The average molecular weight is 285 g/mol. The Bertz CT molecular complexity index is 570. The van der Waals surface area contributed by atoms with Gasteiger partial charge in [-0.1, -0.05) is 0 Å². The van der Waals surface area contributed by atoms with Crippen molar-refractivity contribution < 1.29 is 13.3 Å². The first-order valence-corrected chi connectivity index (χ1v) is 7.37. The topological polar surface area (TPSA) is 107 Å². The van der Waals surface area contributed by atoms with Crippen LogP contribution in [0.4, 0.5) is 5.69 Å². The summed E-state index contributed by atoms with van der Waals surface area (Å²) in [7, 11) is -3.61. The molecule has 1 fully saturated rings. The highest BCUT2D eigenvalue weighted by Crippen LogP contribution is 2.26. The Labute approximate surface area is 111 Å². The summed E-state index contributed by atoms with van der Waals surface area (Å²) >= 11 is 0. The van der Waals surface area contributed by atoms with Crippen LogP contribution in [0.25, 0.3) is 0 Å². The molecule has 0 aliphatic carbocycles. The van der Waals surface area contributed by atoms with Crippen LogP contribution >= 0.6 is 0 Å². The third-order valence-electron chi connectivity index (χ3n) is 3.25. The number of nitrogens with two attached hydrogens (primary N) is 1. The first-order chi connectivity index (χ1) is 8.96. The zero-order chi connectivity index (χ0) is 14.0. The van der Waals surface area contributed by atoms with Gasteiger partial charge in [0, 0.05) is 31.3 Å². The van der Waals surface area contributed by atoms with Crippen molar-refractivity contribution in [2.24, 2.45) is 5.73 Å². The number of rotatable bonds is 4. The van der Waals surface area contributed by atoms with Gasteiger partial charge in [-0.2, -0.15) is 4.31 Å². The maximum absolute atomic E-state index is 12.4. The van der Waals surface area contributed by atoms with E-state index in [0.717, 1.165) is 12.8 Å². The summed E-state index contributed by atoms with van der Waals surface area (Å²) < 4.78 is 26.2. The highest BCUT2D eigenvalue weighted by molar-refractivity contribution is 7.89. The summed E-state index contributed by atoms with van der Waals surface area (Å²) in [6.07, 6.45) is 1.54.